The van der Waals surface area contributed by atoms with Gasteiger partial charge >= 0.3 is 6.09 Å². The molecule has 8 nitrogen and oxygen atoms in total. The van der Waals surface area contributed by atoms with Crippen LogP contribution >= 0.6 is 11.6 Å². The van der Waals surface area contributed by atoms with Crippen molar-refractivity contribution in [2.75, 3.05) is 32.7 Å². The summed E-state index contributed by atoms with van der Waals surface area (Å²) in [6, 6.07) is 13.9. The number of carbonyl (C=O) groups is 2. The van der Waals surface area contributed by atoms with Gasteiger partial charge in [0.2, 0.25) is 0 Å². The molecule has 3 aromatic rings. The summed E-state index contributed by atoms with van der Waals surface area (Å²) >= 11 is 6.40. The number of hydrogen-bond acceptors (Lipinski definition) is 6. The minimum atomic E-state index is -0.681. The second-order valence-electron chi connectivity index (χ2n) is 10.9. The van der Waals surface area contributed by atoms with Crippen LogP contribution in [0.1, 0.15) is 48.7 Å². The fourth-order valence-corrected chi connectivity index (χ4v) is 5.45. The summed E-state index contributed by atoms with van der Waals surface area (Å²) < 4.78 is 7.34. The number of nitrogens with one attached hydrogen (secondary N) is 1. The minimum Gasteiger partial charge on any atom is -0.443 e. The van der Waals surface area contributed by atoms with Crippen molar-refractivity contribution in [1.29, 1.82) is 5.26 Å². The molecule has 1 fully saturated rings. The third-order valence-corrected chi connectivity index (χ3v) is 7.39. The van der Waals surface area contributed by atoms with Crippen LogP contribution in [0.5, 0.6) is 0 Å². The Labute approximate surface area is 227 Å². The number of piperazine rings is 1. The highest BCUT2D eigenvalue weighted by Gasteiger charge is 2.30. The SMILES string of the molecule is CC(C)(C)OC(=O)n1c(-c2ccc(Cl)c3c2C(=O)NC3)cc2cc(CN3CCN(CCC#N)CC3)ccc21. The van der Waals surface area contributed by atoms with Crippen molar-refractivity contribution in [3.05, 3.63) is 58.1 Å². The molecule has 1 amide bonds. The van der Waals surface area contributed by atoms with Crippen LogP contribution in [0.15, 0.2) is 36.4 Å². The van der Waals surface area contributed by atoms with Crippen molar-refractivity contribution in [2.45, 2.75) is 45.9 Å². The molecule has 5 rings (SSSR count). The topological polar surface area (TPSA) is 90.6 Å². The van der Waals surface area contributed by atoms with Gasteiger partial charge in [0.15, 0.2) is 0 Å². The van der Waals surface area contributed by atoms with Gasteiger partial charge in [-0.2, -0.15) is 5.26 Å². The van der Waals surface area contributed by atoms with Crippen LogP contribution in [0.2, 0.25) is 5.02 Å². The maximum atomic E-state index is 13.5. The van der Waals surface area contributed by atoms with Gasteiger partial charge in [-0.1, -0.05) is 23.7 Å². The lowest BCUT2D eigenvalue weighted by Gasteiger charge is -2.34. The Morgan fingerprint density at radius 2 is 1.84 bits per heavy atom. The van der Waals surface area contributed by atoms with Gasteiger partial charge < -0.3 is 10.1 Å². The molecule has 198 valence electrons. The van der Waals surface area contributed by atoms with E-state index in [2.05, 4.69) is 27.3 Å². The smallest absolute Gasteiger partial charge is 0.419 e. The number of nitriles is 1. The average Bonchev–Trinajstić information content (AvgIpc) is 3.44. The molecule has 2 aromatic carbocycles. The van der Waals surface area contributed by atoms with E-state index in [1.807, 2.05) is 39.0 Å². The number of benzene rings is 2. The van der Waals surface area contributed by atoms with Crippen molar-refractivity contribution in [3.8, 4) is 17.3 Å². The van der Waals surface area contributed by atoms with Gasteiger partial charge in [0, 0.05) is 73.8 Å². The second-order valence-corrected chi connectivity index (χ2v) is 11.3. The predicted octanol–water partition coefficient (Wildman–Crippen LogP) is 5.02. The van der Waals surface area contributed by atoms with Crippen LogP contribution in [0, 0.1) is 11.3 Å². The molecule has 38 heavy (non-hydrogen) atoms. The first-order chi connectivity index (χ1) is 18.1. The Balaban J connectivity index is 1.51. The van der Waals surface area contributed by atoms with Gasteiger partial charge in [-0.05, 0) is 50.6 Å². The van der Waals surface area contributed by atoms with E-state index in [-0.39, 0.29) is 5.91 Å². The third-order valence-electron chi connectivity index (χ3n) is 7.04. The predicted molar refractivity (Wildman–Crippen MR) is 147 cm³/mol. The van der Waals surface area contributed by atoms with Crippen LogP contribution < -0.4 is 5.32 Å². The molecular weight excluding hydrogens is 502 g/mol. The zero-order valence-corrected chi connectivity index (χ0v) is 22.8. The Hall–Kier alpha value is -3.38. The first kappa shape index (κ1) is 26.2. The van der Waals surface area contributed by atoms with Gasteiger partial charge in [0.1, 0.15) is 5.60 Å². The van der Waals surface area contributed by atoms with Crippen molar-refractivity contribution >= 4 is 34.5 Å². The van der Waals surface area contributed by atoms with Crippen molar-refractivity contribution < 1.29 is 14.3 Å². The number of fused-ring (bicyclic) bond motifs is 2. The first-order valence-corrected chi connectivity index (χ1v) is 13.3. The van der Waals surface area contributed by atoms with E-state index in [0.29, 0.717) is 34.8 Å². The zero-order valence-electron chi connectivity index (χ0n) is 22.0. The summed E-state index contributed by atoms with van der Waals surface area (Å²) in [6.07, 6.45) is 0.0670. The Bertz CT molecular complexity index is 1440. The number of hydrogen-bond donors (Lipinski definition) is 1. The van der Waals surface area contributed by atoms with Crippen LogP contribution in [0.4, 0.5) is 4.79 Å². The summed E-state index contributed by atoms with van der Waals surface area (Å²) in [4.78, 5) is 31.0. The summed E-state index contributed by atoms with van der Waals surface area (Å²) in [7, 11) is 0. The fourth-order valence-electron chi connectivity index (χ4n) is 5.23. The molecule has 2 aliphatic heterocycles. The van der Waals surface area contributed by atoms with Crippen molar-refractivity contribution in [3.63, 3.8) is 0 Å². The fraction of sp³-hybridized carbons (Fsp3) is 0.414. The molecule has 0 unspecified atom stereocenters. The van der Waals surface area contributed by atoms with E-state index in [1.165, 1.54) is 0 Å². The molecule has 3 heterocycles. The molecule has 1 aromatic heterocycles. The monoisotopic (exact) mass is 533 g/mol. The molecule has 0 radical (unpaired) electrons. The average molecular weight is 534 g/mol. The normalized spacial score (nSPS) is 16.3. The zero-order chi connectivity index (χ0) is 27.0. The Morgan fingerprint density at radius 1 is 1.11 bits per heavy atom. The standard InChI is InChI=1S/C29H32ClN5O3/c1-29(2,3)38-28(37)35-24-8-5-19(18-34-13-11-33(12-14-34)10-4-9-31)15-20(24)16-25(35)21-6-7-23(30)22-17-32-27(36)26(21)22/h5-8,15-16H,4,10-14,17-18H2,1-3H3,(H,32,36). The maximum absolute atomic E-state index is 13.5. The van der Waals surface area contributed by atoms with Crippen LogP contribution in [0.25, 0.3) is 22.2 Å². The number of halogens is 1. The van der Waals surface area contributed by atoms with Gasteiger partial charge in [-0.15, -0.1) is 0 Å². The van der Waals surface area contributed by atoms with Crippen LogP contribution in [0.3, 0.4) is 0 Å². The van der Waals surface area contributed by atoms with E-state index in [1.54, 1.807) is 16.7 Å². The van der Waals surface area contributed by atoms with Gasteiger partial charge in [0.25, 0.3) is 5.91 Å². The number of carbonyl (C=O) groups excluding carboxylic acids is 2. The molecule has 0 aliphatic carbocycles. The Kier molecular flexibility index (Phi) is 7.19. The van der Waals surface area contributed by atoms with Crippen LogP contribution in [-0.2, 0) is 17.8 Å². The van der Waals surface area contributed by atoms with Crippen LogP contribution in [-0.4, -0.2) is 64.7 Å². The summed E-state index contributed by atoms with van der Waals surface area (Å²) in [5, 5.41) is 13.1. The number of rotatable bonds is 5. The number of nitrogens with zero attached hydrogens (tertiary/aromatic N) is 4. The molecule has 1 N–H and O–H groups in total. The largest absolute Gasteiger partial charge is 0.443 e. The maximum Gasteiger partial charge on any atom is 0.419 e. The van der Waals surface area contributed by atoms with Crippen molar-refractivity contribution in [2.24, 2.45) is 0 Å². The second kappa shape index (κ2) is 10.4. The molecular formula is C29H32ClN5O3. The third kappa shape index (κ3) is 5.28. The molecule has 0 bridgehead atoms. The summed E-state index contributed by atoms with van der Waals surface area (Å²) in [6.45, 7) is 11.3. The Morgan fingerprint density at radius 3 is 2.55 bits per heavy atom. The first-order valence-electron chi connectivity index (χ1n) is 12.9. The highest BCUT2D eigenvalue weighted by molar-refractivity contribution is 6.32. The molecule has 0 saturated carbocycles. The van der Waals surface area contributed by atoms with Gasteiger partial charge in [-0.3, -0.25) is 14.6 Å². The number of amides is 1. The summed E-state index contributed by atoms with van der Waals surface area (Å²) in [5.41, 5.74) is 3.68. The number of ether oxygens (including phenoxy) is 1. The molecule has 2 aliphatic rings. The van der Waals surface area contributed by atoms with E-state index >= 15 is 0 Å². The van der Waals surface area contributed by atoms with Gasteiger partial charge in [-0.25, -0.2) is 9.36 Å². The molecule has 9 heteroatoms. The molecule has 1 saturated heterocycles. The van der Waals surface area contributed by atoms with Crippen molar-refractivity contribution in [1.82, 2.24) is 19.7 Å². The van der Waals surface area contributed by atoms with E-state index in [0.717, 1.165) is 61.3 Å². The highest BCUT2D eigenvalue weighted by Crippen LogP contribution is 2.37. The van der Waals surface area contributed by atoms with Gasteiger partial charge in [0.05, 0.1) is 22.8 Å². The lowest BCUT2D eigenvalue weighted by molar-refractivity contribution is 0.0547. The van der Waals surface area contributed by atoms with E-state index in [9.17, 15) is 9.59 Å². The highest BCUT2D eigenvalue weighted by atomic mass is 35.5. The number of aromatic nitrogens is 1. The lowest BCUT2D eigenvalue weighted by Crippen LogP contribution is -2.46. The van der Waals surface area contributed by atoms with E-state index < -0.39 is 11.7 Å². The minimum absolute atomic E-state index is 0.201. The lowest BCUT2D eigenvalue weighted by atomic mass is 10.00. The quantitative estimate of drug-likeness (QED) is 0.495. The summed E-state index contributed by atoms with van der Waals surface area (Å²) in [5.74, 6) is -0.201. The van der Waals surface area contributed by atoms with E-state index in [4.69, 9.17) is 21.6 Å². The molecule has 0 spiro atoms. The molecule has 0 atom stereocenters.